The fourth-order valence-corrected chi connectivity index (χ4v) is 6.93. The fraction of sp³-hybridized carbons (Fsp3) is 0.682. The Morgan fingerprint density at radius 1 is 1.25 bits per heavy atom. The van der Waals surface area contributed by atoms with Crippen molar-refractivity contribution in [1.29, 1.82) is 0 Å². The lowest BCUT2D eigenvalue weighted by Gasteiger charge is -2.59. The summed E-state index contributed by atoms with van der Waals surface area (Å²) >= 11 is 0. The molecule has 150 valence electrons. The zero-order valence-electron chi connectivity index (χ0n) is 17.0. The molecule has 28 heavy (non-hydrogen) atoms. The first-order valence-electron chi connectivity index (χ1n) is 10.7. The first kappa shape index (κ1) is 18.0. The number of amides is 1. The number of rotatable bonds is 4. The van der Waals surface area contributed by atoms with E-state index in [-0.39, 0.29) is 17.5 Å². The first-order chi connectivity index (χ1) is 13.3. The number of carbonyl (C=O) groups is 1. The first-order valence-corrected chi connectivity index (χ1v) is 10.7. The van der Waals surface area contributed by atoms with E-state index in [2.05, 4.69) is 22.3 Å². The Bertz CT molecular complexity index is 967. The van der Waals surface area contributed by atoms with Crippen LogP contribution in [0.25, 0.3) is 5.65 Å². The van der Waals surface area contributed by atoms with E-state index in [4.69, 9.17) is 0 Å². The van der Waals surface area contributed by atoms with Crippen LogP contribution in [0.15, 0.2) is 10.9 Å². The van der Waals surface area contributed by atoms with E-state index in [0.717, 1.165) is 34.7 Å². The van der Waals surface area contributed by atoms with Crippen molar-refractivity contribution in [3.63, 3.8) is 0 Å². The molecule has 0 spiro atoms. The lowest BCUT2D eigenvalue weighted by atomic mass is 9.48. The summed E-state index contributed by atoms with van der Waals surface area (Å²) in [4.78, 5) is 29.1. The molecule has 0 aliphatic heterocycles. The number of aromatic nitrogens is 3. The molecule has 0 radical (unpaired) electrons. The van der Waals surface area contributed by atoms with Crippen molar-refractivity contribution in [3.05, 3.63) is 33.4 Å². The second kappa shape index (κ2) is 6.19. The lowest BCUT2D eigenvalue weighted by molar-refractivity contribution is -0.125. The Morgan fingerprint density at radius 2 is 1.86 bits per heavy atom. The van der Waals surface area contributed by atoms with Crippen LogP contribution in [0.2, 0.25) is 0 Å². The number of hydrogen-bond donors (Lipinski definition) is 2. The molecule has 2 heterocycles. The van der Waals surface area contributed by atoms with Gasteiger partial charge in [-0.2, -0.15) is 0 Å². The molecule has 4 aliphatic carbocycles. The summed E-state index contributed by atoms with van der Waals surface area (Å²) in [6.07, 6.45) is 8.42. The molecule has 2 N–H and O–H groups in total. The molecule has 4 aliphatic rings. The van der Waals surface area contributed by atoms with Crippen LogP contribution in [0, 0.1) is 37.0 Å². The highest BCUT2D eigenvalue weighted by molar-refractivity contribution is 5.79. The standard InChI is InChI=1S/C22H30N4O2/c1-12-18(13(2)26-19(23-12)8-21(28)25-26)7-20(27)24-14(3)22-9-15-4-16(10-22)6-17(5-15)11-22/h8,14-17H,4-7,9-11H2,1-3H3,(H,24,27)(H,25,28). The summed E-state index contributed by atoms with van der Waals surface area (Å²) in [6, 6.07) is 1.70. The molecule has 2 aromatic heterocycles. The summed E-state index contributed by atoms with van der Waals surface area (Å²) in [5.74, 6) is 2.71. The quantitative estimate of drug-likeness (QED) is 0.853. The van der Waals surface area contributed by atoms with Crippen molar-refractivity contribution in [2.24, 2.45) is 23.2 Å². The maximum absolute atomic E-state index is 12.9. The van der Waals surface area contributed by atoms with Gasteiger partial charge in [0.2, 0.25) is 5.91 Å². The average Bonchev–Trinajstić information content (AvgIpc) is 2.98. The number of aromatic amines is 1. The molecule has 4 saturated carbocycles. The van der Waals surface area contributed by atoms with Gasteiger partial charge in [-0.3, -0.25) is 14.7 Å². The van der Waals surface area contributed by atoms with E-state index in [1.54, 1.807) is 4.52 Å². The SMILES string of the molecule is Cc1nc2cc(=O)[nH]n2c(C)c1CC(=O)NC(C)C12CC3CC(CC(C3)C1)C2. The van der Waals surface area contributed by atoms with Crippen molar-refractivity contribution in [3.8, 4) is 0 Å². The van der Waals surface area contributed by atoms with E-state index in [1.165, 1.54) is 44.6 Å². The minimum absolute atomic E-state index is 0.0603. The normalized spacial score (nSPS) is 32.0. The number of H-pyrrole nitrogens is 1. The highest BCUT2D eigenvalue weighted by Crippen LogP contribution is 2.61. The van der Waals surface area contributed by atoms with Crippen LogP contribution in [0.1, 0.15) is 62.4 Å². The van der Waals surface area contributed by atoms with Gasteiger partial charge >= 0.3 is 0 Å². The number of hydrogen-bond acceptors (Lipinski definition) is 3. The molecule has 1 unspecified atom stereocenters. The van der Waals surface area contributed by atoms with Crippen LogP contribution in [0.3, 0.4) is 0 Å². The second-order valence-electron chi connectivity index (χ2n) is 9.82. The van der Waals surface area contributed by atoms with Crippen LogP contribution in [-0.2, 0) is 11.2 Å². The molecule has 2 aromatic rings. The van der Waals surface area contributed by atoms with Crippen molar-refractivity contribution < 1.29 is 4.79 Å². The van der Waals surface area contributed by atoms with E-state index < -0.39 is 0 Å². The molecular formula is C22H30N4O2. The third-order valence-electron chi connectivity index (χ3n) is 7.92. The summed E-state index contributed by atoms with van der Waals surface area (Å²) < 4.78 is 1.68. The predicted octanol–water partition coefficient (Wildman–Crippen LogP) is 2.90. The van der Waals surface area contributed by atoms with Gasteiger partial charge in [0, 0.05) is 29.1 Å². The Balaban J connectivity index is 1.34. The van der Waals surface area contributed by atoms with Crippen molar-refractivity contribution >= 4 is 11.6 Å². The van der Waals surface area contributed by atoms with Crippen LogP contribution < -0.4 is 10.9 Å². The third kappa shape index (κ3) is 2.80. The highest BCUT2D eigenvalue weighted by atomic mass is 16.1. The fourth-order valence-electron chi connectivity index (χ4n) is 6.93. The molecule has 6 heteroatoms. The van der Waals surface area contributed by atoms with E-state index in [9.17, 15) is 9.59 Å². The number of fused-ring (bicyclic) bond motifs is 1. The van der Waals surface area contributed by atoms with Crippen LogP contribution in [-0.4, -0.2) is 26.5 Å². The van der Waals surface area contributed by atoms with Crippen LogP contribution >= 0.6 is 0 Å². The zero-order chi connectivity index (χ0) is 19.6. The summed E-state index contributed by atoms with van der Waals surface area (Å²) in [6.45, 7) is 6.06. The number of nitrogens with zero attached hydrogens (tertiary/aromatic N) is 2. The van der Waals surface area contributed by atoms with Gasteiger partial charge in [-0.25, -0.2) is 9.50 Å². The molecule has 4 fully saturated rings. The number of carbonyl (C=O) groups excluding carboxylic acids is 1. The van der Waals surface area contributed by atoms with Crippen LogP contribution in [0.5, 0.6) is 0 Å². The minimum atomic E-state index is -0.174. The molecule has 0 aromatic carbocycles. The molecular weight excluding hydrogens is 352 g/mol. The van der Waals surface area contributed by atoms with Crippen molar-refractivity contribution in [2.45, 2.75) is 71.8 Å². The summed E-state index contributed by atoms with van der Waals surface area (Å²) in [5.41, 5.74) is 3.33. The van der Waals surface area contributed by atoms with Crippen molar-refractivity contribution in [1.82, 2.24) is 19.9 Å². The summed E-state index contributed by atoms with van der Waals surface area (Å²) in [7, 11) is 0. The smallest absolute Gasteiger partial charge is 0.266 e. The summed E-state index contributed by atoms with van der Waals surface area (Å²) in [5, 5.41) is 6.11. The Labute approximate surface area is 165 Å². The van der Waals surface area contributed by atoms with E-state index in [1.807, 2.05) is 13.8 Å². The molecule has 0 saturated heterocycles. The molecule has 4 bridgehead atoms. The van der Waals surface area contributed by atoms with Gasteiger partial charge in [0.15, 0.2) is 5.65 Å². The third-order valence-corrected chi connectivity index (χ3v) is 7.92. The van der Waals surface area contributed by atoms with Gasteiger partial charge in [0.25, 0.3) is 5.56 Å². The lowest BCUT2D eigenvalue weighted by Crippen LogP contribution is -2.56. The average molecular weight is 383 g/mol. The van der Waals surface area contributed by atoms with Crippen molar-refractivity contribution in [2.75, 3.05) is 0 Å². The Morgan fingerprint density at radius 3 is 2.46 bits per heavy atom. The largest absolute Gasteiger partial charge is 0.353 e. The molecule has 6 nitrogen and oxygen atoms in total. The van der Waals surface area contributed by atoms with Gasteiger partial charge in [-0.15, -0.1) is 0 Å². The number of aryl methyl sites for hydroxylation is 2. The topological polar surface area (TPSA) is 79.3 Å². The predicted molar refractivity (Wildman–Crippen MR) is 107 cm³/mol. The highest BCUT2D eigenvalue weighted by Gasteiger charge is 2.53. The molecule has 1 atom stereocenters. The van der Waals surface area contributed by atoms with E-state index in [0.29, 0.717) is 17.5 Å². The van der Waals surface area contributed by atoms with Gasteiger partial charge in [0.1, 0.15) is 0 Å². The maximum Gasteiger partial charge on any atom is 0.266 e. The minimum Gasteiger partial charge on any atom is -0.353 e. The van der Waals surface area contributed by atoms with Gasteiger partial charge in [-0.05, 0) is 82.5 Å². The molecule has 1 amide bonds. The van der Waals surface area contributed by atoms with Gasteiger partial charge < -0.3 is 5.32 Å². The Kier molecular flexibility index (Phi) is 3.97. The monoisotopic (exact) mass is 382 g/mol. The van der Waals surface area contributed by atoms with Gasteiger partial charge in [-0.1, -0.05) is 0 Å². The second-order valence-corrected chi connectivity index (χ2v) is 9.82. The van der Waals surface area contributed by atoms with Crippen LogP contribution in [0.4, 0.5) is 0 Å². The van der Waals surface area contributed by atoms with E-state index >= 15 is 0 Å². The molecule has 6 rings (SSSR count). The maximum atomic E-state index is 12.9. The van der Waals surface area contributed by atoms with Gasteiger partial charge in [0.05, 0.1) is 6.42 Å². The number of nitrogens with one attached hydrogen (secondary N) is 2. The zero-order valence-corrected chi connectivity index (χ0v) is 17.0. The Hall–Kier alpha value is -2.11.